The molecule has 0 saturated carbocycles. The Morgan fingerprint density at radius 2 is 1.03 bits per heavy atom. The van der Waals surface area contributed by atoms with Crippen LogP contribution in [0.1, 0.15) is 50.7 Å². The van der Waals surface area contributed by atoms with Gasteiger partial charge in [0.15, 0.2) is 0 Å². The fourth-order valence-corrected chi connectivity index (χ4v) is 2.60. The van der Waals surface area contributed by atoms with Gasteiger partial charge < -0.3 is 10.2 Å². The Kier molecular flexibility index (Phi) is 8.56. The highest BCUT2D eigenvalue weighted by Crippen LogP contribution is 2.12. The number of carbonyl (C=O) groups is 2. The van der Waals surface area contributed by atoms with E-state index in [-0.39, 0.29) is 36.2 Å². The van der Waals surface area contributed by atoms with Gasteiger partial charge in [0.25, 0.3) is 0 Å². The minimum Gasteiger partial charge on any atom is -0.508 e. The number of nitrogens with one attached hydrogen (secondary N) is 2. The summed E-state index contributed by atoms with van der Waals surface area (Å²) in [4.78, 5) is 24.0. The number of hydrogen-bond donors (Lipinski definition) is 4. The van der Waals surface area contributed by atoms with Crippen molar-refractivity contribution in [2.75, 3.05) is 0 Å². The van der Waals surface area contributed by atoms with Gasteiger partial charge in [-0.1, -0.05) is 13.8 Å². The van der Waals surface area contributed by atoms with Crippen molar-refractivity contribution in [3.05, 3.63) is 59.7 Å². The van der Waals surface area contributed by atoms with Gasteiger partial charge in [-0.25, -0.2) is 10.9 Å². The molecule has 30 heavy (non-hydrogen) atoms. The van der Waals surface area contributed by atoms with Gasteiger partial charge in [-0.2, -0.15) is 10.2 Å². The topological polar surface area (TPSA) is 123 Å². The lowest BCUT2D eigenvalue weighted by Crippen LogP contribution is -2.24. The maximum absolute atomic E-state index is 12.0. The van der Waals surface area contributed by atoms with Gasteiger partial charge in [-0.05, 0) is 72.5 Å². The number of carbonyl (C=O) groups excluding carboxylic acids is 2. The van der Waals surface area contributed by atoms with Crippen molar-refractivity contribution in [1.29, 1.82) is 0 Å². The molecular weight excluding hydrogens is 384 g/mol. The predicted molar refractivity (Wildman–Crippen MR) is 115 cm³/mol. The first-order valence-corrected chi connectivity index (χ1v) is 9.72. The normalized spacial score (nSPS) is 11.8. The van der Waals surface area contributed by atoms with Gasteiger partial charge in [0.2, 0.25) is 11.8 Å². The number of aromatic hydroxyl groups is 2. The van der Waals surface area contributed by atoms with Crippen LogP contribution in [-0.4, -0.2) is 33.5 Å². The highest BCUT2D eigenvalue weighted by molar-refractivity contribution is 6.01. The number of hydrogen-bond acceptors (Lipinski definition) is 6. The molecule has 4 N–H and O–H groups in total. The average molecular weight is 410 g/mol. The Morgan fingerprint density at radius 3 is 1.33 bits per heavy atom. The van der Waals surface area contributed by atoms with E-state index >= 15 is 0 Å². The van der Waals surface area contributed by atoms with Gasteiger partial charge in [-0.15, -0.1) is 0 Å². The molecule has 0 aliphatic rings. The molecule has 158 valence electrons. The summed E-state index contributed by atoms with van der Waals surface area (Å²) in [6.07, 6.45) is 1.13. The number of amides is 2. The molecule has 2 aromatic carbocycles. The van der Waals surface area contributed by atoms with Crippen LogP contribution in [0.5, 0.6) is 11.5 Å². The van der Waals surface area contributed by atoms with E-state index in [2.05, 4.69) is 21.1 Å². The van der Waals surface area contributed by atoms with E-state index in [1.165, 1.54) is 0 Å². The summed E-state index contributed by atoms with van der Waals surface area (Å²) >= 11 is 0. The zero-order valence-electron chi connectivity index (χ0n) is 17.1. The van der Waals surface area contributed by atoms with Crippen LogP contribution in [-0.2, 0) is 9.59 Å². The first kappa shape index (κ1) is 22.6. The molecule has 0 heterocycles. The average Bonchev–Trinajstić information content (AvgIpc) is 2.75. The van der Waals surface area contributed by atoms with Gasteiger partial charge in [0.1, 0.15) is 11.5 Å². The summed E-state index contributed by atoms with van der Waals surface area (Å²) in [5, 5.41) is 26.9. The summed E-state index contributed by atoms with van der Waals surface area (Å²) in [7, 11) is 0. The number of phenolic OH excluding ortho intramolecular Hbond substituents is 2. The minimum atomic E-state index is -0.381. The van der Waals surface area contributed by atoms with Crippen LogP contribution in [0.25, 0.3) is 0 Å². The largest absolute Gasteiger partial charge is 0.508 e. The number of rotatable bonds is 9. The van der Waals surface area contributed by atoms with Crippen LogP contribution in [0, 0.1) is 0 Å². The van der Waals surface area contributed by atoms with Crippen LogP contribution >= 0.6 is 0 Å². The second kappa shape index (κ2) is 11.4. The third-order valence-corrected chi connectivity index (χ3v) is 4.28. The van der Waals surface area contributed by atoms with Crippen LogP contribution in [0.4, 0.5) is 0 Å². The predicted octanol–water partition coefficient (Wildman–Crippen LogP) is 3.04. The monoisotopic (exact) mass is 410 g/mol. The molecule has 0 aliphatic carbocycles. The summed E-state index contributed by atoms with van der Waals surface area (Å²) in [5.41, 5.74) is 7.83. The van der Waals surface area contributed by atoms with E-state index in [0.717, 1.165) is 11.1 Å². The lowest BCUT2D eigenvalue weighted by molar-refractivity contribution is -0.126. The zero-order valence-corrected chi connectivity index (χ0v) is 17.1. The number of hydrazone groups is 2. The Bertz CT molecular complexity index is 842. The van der Waals surface area contributed by atoms with Crippen molar-refractivity contribution in [2.45, 2.75) is 39.5 Å². The Labute approximate surface area is 175 Å². The lowest BCUT2D eigenvalue weighted by atomic mass is 10.1. The second-order valence-corrected chi connectivity index (χ2v) is 6.49. The molecule has 0 aliphatic heterocycles. The number of nitrogens with zero attached hydrogens (tertiary/aromatic N) is 2. The number of phenols is 2. The molecule has 8 heteroatoms. The smallest absolute Gasteiger partial charge is 0.240 e. The third kappa shape index (κ3) is 7.05. The van der Waals surface area contributed by atoms with Gasteiger partial charge in [0.05, 0.1) is 11.4 Å². The Balaban J connectivity index is 1.85. The first-order valence-electron chi connectivity index (χ1n) is 9.72. The SMILES string of the molecule is CC/C(=N\NC(=O)CCC(=O)N/N=C(\CC)c1ccc(O)cc1)c1ccc(O)cc1. The molecule has 2 rings (SSSR count). The van der Waals surface area contributed by atoms with Crippen LogP contribution in [0.3, 0.4) is 0 Å². The fourth-order valence-electron chi connectivity index (χ4n) is 2.60. The van der Waals surface area contributed by atoms with E-state index in [0.29, 0.717) is 24.3 Å². The molecule has 8 nitrogen and oxygen atoms in total. The Hall–Kier alpha value is -3.68. The highest BCUT2D eigenvalue weighted by atomic mass is 16.3. The lowest BCUT2D eigenvalue weighted by Gasteiger charge is -2.06. The minimum absolute atomic E-state index is 0.0297. The maximum Gasteiger partial charge on any atom is 0.240 e. The maximum atomic E-state index is 12.0. The molecule has 0 unspecified atom stereocenters. The quantitative estimate of drug-likeness (QED) is 0.375. The van der Waals surface area contributed by atoms with Crippen molar-refractivity contribution in [3.8, 4) is 11.5 Å². The second-order valence-electron chi connectivity index (χ2n) is 6.49. The summed E-state index contributed by atoms with van der Waals surface area (Å²) in [6.45, 7) is 3.81. The summed E-state index contributed by atoms with van der Waals surface area (Å²) in [5.74, 6) is -0.451. The Morgan fingerprint density at radius 1 is 0.700 bits per heavy atom. The van der Waals surface area contributed by atoms with Gasteiger partial charge >= 0.3 is 0 Å². The van der Waals surface area contributed by atoms with Crippen LogP contribution in [0.15, 0.2) is 58.7 Å². The molecule has 2 amide bonds. The van der Waals surface area contributed by atoms with Crippen molar-refractivity contribution in [1.82, 2.24) is 10.9 Å². The van der Waals surface area contributed by atoms with E-state index < -0.39 is 0 Å². The molecular formula is C22H26N4O4. The van der Waals surface area contributed by atoms with Gasteiger partial charge in [-0.3, -0.25) is 9.59 Å². The third-order valence-electron chi connectivity index (χ3n) is 4.28. The van der Waals surface area contributed by atoms with E-state index in [9.17, 15) is 19.8 Å². The van der Waals surface area contributed by atoms with Crippen molar-refractivity contribution in [2.24, 2.45) is 10.2 Å². The summed E-state index contributed by atoms with van der Waals surface area (Å²) < 4.78 is 0. The fraction of sp³-hybridized carbons (Fsp3) is 0.273. The molecule has 2 aromatic rings. The molecule has 0 radical (unpaired) electrons. The molecule has 0 saturated heterocycles. The van der Waals surface area contributed by atoms with Crippen LogP contribution in [0.2, 0.25) is 0 Å². The van der Waals surface area contributed by atoms with Gasteiger partial charge in [0, 0.05) is 12.8 Å². The van der Waals surface area contributed by atoms with E-state index in [1.807, 2.05) is 13.8 Å². The first-order chi connectivity index (χ1) is 14.4. The standard InChI is InChI=1S/C22H26N4O4/c1-3-19(15-5-9-17(27)10-6-15)23-25-21(29)13-14-22(30)26-24-20(4-2)16-7-11-18(28)12-8-16/h5-12,27-28H,3-4,13-14H2,1-2H3,(H,25,29)(H,26,30)/b23-19+,24-20+. The van der Waals surface area contributed by atoms with E-state index in [1.54, 1.807) is 48.5 Å². The molecule has 0 aromatic heterocycles. The zero-order chi connectivity index (χ0) is 21.9. The van der Waals surface area contributed by atoms with Crippen molar-refractivity contribution in [3.63, 3.8) is 0 Å². The number of benzene rings is 2. The molecule has 0 atom stereocenters. The molecule has 0 fully saturated rings. The van der Waals surface area contributed by atoms with E-state index in [4.69, 9.17) is 0 Å². The van der Waals surface area contributed by atoms with Crippen molar-refractivity contribution >= 4 is 23.2 Å². The van der Waals surface area contributed by atoms with Crippen molar-refractivity contribution < 1.29 is 19.8 Å². The summed E-state index contributed by atoms with van der Waals surface area (Å²) in [6, 6.07) is 13.1. The molecule has 0 spiro atoms. The highest BCUT2D eigenvalue weighted by Gasteiger charge is 2.08. The molecule has 0 bridgehead atoms. The van der Waals surface area contributed by atoms with Crippen LogP contribution < -0.4 is 10.9 Å².